The van der Waals surface area contributed by atoms with E-state index in [9.17, 15) is 14.4 Å². The van der Waals surface area contributed by atoms with Gasteiger partial charge in [0.1, 0.15) is 12.1 Å². The second-order valence-electron chi connectivity index (χ2n) is 10.8. The summed E-state index contributed by atoms with van der Waals surface area (Å²) in [6.07, 6.45) is 6.03. The Morgan fingerprint density at radius 3 is 2.59 bits per heavy atom. The number of nitrogens with one attached hydrogen (secondary N) is 2. The van der Waals surface area contributed by atoms with Crippen molar-refractivity contribution in [1.82, 2.24) is 10.2 Å². The number of amides is 4. The van der Waals surface area contributed by atoms with Crippen LogP contribution in [0.15, 0.2) is 18.2 Å². The molecule has 2 unspecified atom stereocenters. The van der Waals surface area contributed by atoms with Crippen LogP contribution in [0.25, 0.3) is 0 Å². The highest BCUT2D eigenvalue weighted by Gasteiger charge is 2.56. The molecular formula is C24H31N3O5. The van der Waals surface area contributed by atoms with E-state index in [0.717, 1.165) is 37.0 Å². The van der Waals surface area contributed by atoms with Gasteiger partial charge in [-0.05, 0) is 55.6 Å². The Kier molecular flexibility index (Phi) is 4.69. The monoisotopic (exact) mass is 441 g/mol. The first kappa shape index (κ1) is 21.1. The highest BCUT2D eigenvalue weighted by Crippen LogP contribution is 2.48. The number of carbonyl (C=O) groups excluding carboxylic acids is 3. The zero-order valence-corrected chi connectivity index (χ0v) is 19.0. The number of benzene rings is 1. The molecule has 1 aromatic rings. The predicted molar refractivity (Wildman–Crippen MR) is 117 cm³/mol. The van der Waals surface area contributed by atoms with E-state index in [1.807, 2.05) is 0 Å². The number of anilines is 1. The van der Waals surface area contributed by atoms with Gasteiger partial charge >= 0.3 is 6.03 Å². The maximum atomic E-state index is 13.2. The van der Waals surface area contributed by atoms with Crippen LogP contribution < -0.4 is 20.1 Å². The first-order valence-electron chi connectivity index (χ1n) is 11.5. The maximum Gasteiger partial charge on any atom is 0.325 e. The van der Waals surface area contributed by atoms with Gasteiger partial charge in [-0.1, -0.05) is 20.8 Å². The van der Waals surface area contributed by atoms with Crippen molar-refractivity contribution in [1.29, 1.82) is 0 Å². The second kappa shape index (κ2) is 7.12. The third kappa shape index (κ3) is 3.59. The number of nitrogens with zero attached hydrogens (tertiary/aromatic N) is 1. The van der Waals surface area contributed by atoms with Gasteiger partial charge in [-0.15, -0.1) is 0 Å². The molecule has 8 heteroatoms. The molecule has 2 N–H and O–H groups in total. The largest absolute Gasteiger partial charge is 0.448 e. The zero-order chi connectivity index (χ0) is 22.7. The summed E-state index contributed by atoms with van der Waals surface area (Å²) in [6, 6.07) is 4.77. The quantitative estimate of drug-likeness (QED) is 0.696. The van der Waals surface area contributed by atoms with Gasteiger partial charge in [-0.25, -0.2) is 4.79 Å². The minimum atomic E-state index is -0.910. The minimum Gasteiger partial charge on any atom is -0.448 e. The van der Waals surface area contributed by atoms with E-state index in [2.05, 4.69) is 31.4 Å². The van der Waals surface area contributed by atoms with Crippen molar-refractivity contribution in [2.45, 2.75) is 77.0 Å². The van der Waals surface area contributed by atoms with Crippen LogP contribution in [0.1, 0.15) is 65.7 Å². The Balaban J connectivity index is 1.25. The standard InChI is InChI=1S/C24H31N3O5/c1-15-11-22(2,3)14-23(12-15)20(29)27(21(30)26-23)13-19(28)25-16-6-7-17-18(10-16)32-24(31-17)8-4-5-9-24/h6-7,10,15H,4-5,8-9,11-14H2,1-3H3,(H,25,28)(H,26,30). The highest BCUT2D eigenvalue weighted by molar-refractivity contribution is 6.10. The zero-order valence-electron chi connectivity index (χ0n) is 19.0. The van der Waals surface area contributed by atoms with E-state index in [1.165, 1.54) is 0 Å². The summed E-state index contributed by atoms with van der Waals surface area (Å²) in [5.74, 6) is 0.305. The molecule has 0 aromatic heterocycles. The van der Waals surface area contributed by atoms with Crippen LogP contribution in [-0.4, -0.2) is 40.6 Å². The van der Waals surface area contributed by atoms with Crippen molar-refractivity contribution in [3.8, 4) is 11.5 Å². The van der Waals surface area contributed by atoms with Gasteiger partial charge in [-0.2, -0.15) is 0 Å². The van der Waals surface area contributed by atoms with E-state index in [-0.39, 0.29) is 17.9 Å². The molecule has 5 rings (SSSR count). The molecule has 0 bridgehead atoms. The van der Waals surface area contributed by atoms with Crippen molar-refractivity contribution >= 4 is 23.5 Å². The Bertz CT molecular complexity index is 984. The average Bonchev–Trinajstić information content (AvgIpc) is 3.33. The number of hydrogen-bond donors (Lipinski definition) is 2. The molecule has 32 heavy (non-hydrogen) atoms. The maximum absolute atomic E-state index is 13.2. The molecule has 2 aliphatic carbocycles. The summed E-state index contributed by atoms with van der Waals surface area (Å²) < 4.78 is 12.0. The summed E-state index contributed by atoms with van der Waals surface area (Å²) in [6.45, 7) is 6.02. The Labute approximate surface area is 188 Å². The second-order valence-corrected chi connectivity index (χ2v) is 10.8. The van der Waals surface area contributed by atoms with Gasteiger partial charge in [0, 0.05) is 24.6 Å². The van der Waals surface area contributed by atoms with Gasteiger partial charge in [-0.3, -0.25) is 14.5 Å². The van der Waals surface area contributed by atoms with Crippen LogP contribution in [0.3, 0.4) is 0 Å². The van der Waals surface area contributed by atoms with E-state index in [4.69, 9.17) is 9.47 Å². The van der Waals surface area contributed by atoms with Gasteiger partial charge in [0.15, 0.2) is 11.5 Å². The number of hydrogen-bond acceptors (Lipinski definition) is 5. The summed E-state index contributed by atoms with van der Waals surface area (Å²) in [5.41, 5.74) is -0.420. The molecule has 2 saturated carbocycles. The number of fused-ring (bicyclic) bond motifs is 1. The van der Waals surface area contributed by atoms with Gasteiger partial charge in [0.05, 0.1) is 0 Å². The van der Waals surface area contributed by atoms with Crippen molar-refractivity contribution < 1.29 is 23.9 Å². The van der Waals surface area contributed by atoms with Crippen LogP contribution in [-0.2, 0) is 9.59 Å². The Morgan fingerprint density at radius 1 is 1.16 bits per heavy atom. The molecule has 2 aliphatic heterocycles. The molecular weight excluding hydrogens is 410 g/mol. The van der Waals surface area contributed by atoms with E-state index in [0.29, 0.717) is 35.9 Å². The smallest absolute Gasteiger partial charge is 0.325 e. The molecule has 1 aromatic carbocycles. The van der Waals surface area contributed by atoms with E-state index in [1.54, 1.807) is 18.2 Å². The van der Waals surface area contributed by atoms with Crippen LogP contribution in [0.2, 0.25) is 0 Å². The van der Waals surface area contributed by atoms with Crippen LogP contribution in [0, 0.1) is 11.3 Å². The highest BCUT2D eigenvalue weighted by atomic mass is 16.7. The van der Waals surface area contributed by atoms with E-state index >= 15 is 0 Å². The molecule has 172 valence electrons. The van der Waals surface area contributed by atoms with Crippen molar-refractivity contribution in [2.75, 3.05) is 11.9 Å². The molecule has 1 saturated heterocycles. The first-order chi connectivity index (χ1) is 15.1. The number of rotatable bonds is 3. The normalized spacial score (nSPS) is 29.6. The number of urea groups is 1. The molecule has 4 aliphatic rings. The summed E-state index contributed by atoms with van der Waals surface area (Å²) >= 11 is 0. The van der Waals surface area contributed by atoms with Gasteiger partial charge in [0.25, 0.3) is 11.7 Å². The van der Waals surface area contributed by atoms with Gasteiger partial charge < -0.3 is 20.1 Å². The van der Waals surface area contributed by atoms with E-state index < -0.39 is 23.3 Å². The van der Waals surface area contributed by atoms with Crippen LogP contribution >= 0.6 is 0 Å². The fraction of sp³-hybridized carbons (Fsp3) is 0.625. The lowest BCUT2D eigenvalue weighted by Crippen LogP contribution is -2.54. The van der Waals surface area contributed by atoms with Crippen molar-refractivity contribution in [2.24, 2.45) is 11.3 Å². The molecule has 8 nitrogen and oxygen atoms in total. The van der Waals surface area contributed by atoms with Crippen molar-refractivity contribution in [3.63, 3.8) is 0 Å². The topological polar surface area (TPSA) is 97.0 Å². The molecule has 0 radical (unpaired) electrons. The first-order valence-corrected chi connectivity index (χ1v) is 11.5. The summed E-state index contributed by atoms with van der Waals surface area (Å²) in [4.78, 5) is 39.6. The summed E-state index contributed by atoms with van der Waals surface area (Å²) in [7, 11) is 0. The number of carbonyl (C=O) groups is 3. The third-order valence-corrected chi connectivity index (χ3v) is 7.11. The van der Waals surface area contributed by atoms with Gasteiger partial charge in [0.2, 0.25) is 5.91 Å². The number of imide groups is 1. The molecule has 4 amide bonds. The third-order valence-electron chi connectivity index (χ3n) is 7.11. The fourth-order valence-electron chi connectivity index (χ4n) is 6.28. The predicted octanol–water partition coefficient (Wildman–Crippen LogP) is 3.80. The lowest BCUT2D eigenvalue weighted by Gasteiger charge is -2.43. The Morgan fingerprint density at radius 2 is 1.88 bits per heavy atom. The summed E-state index contributed by atoms with van der Waals surface area (Å²) in [5, 5.41) is 5.69. The lowest BCUT2D eigenvalue weighted by atomic mass is 9.64. The SMILES string of the molecule is CC1CC(C)(C)CC2(C1)NC(=O)N(CC(=O)Nc1ccc3c(c1)OC1(CCCC1)O3)C2=O. The lowest BCUT2D eigenvalue weighted by molar-refractivity contribution is -0.136. The fourth-order valence-corrected chi connectivity index (χ4v) is 6.28. The van der Waals surface area contributed by atoms with Crippen molar-refractivity contribution in [3.05, 3.63) is 18.2 Å². The Hall–Kier alpha value is -2.77. The van der Waals surface area contributed by atoms with Crippen LogP contribution in [0.4, 0.5) is 10.5 Å². The minimum absolute atomic E-state index is 0.0535. The molecule has 2 atom stereocenters. The molecule has 2 spiro atoms. The molecule has 3 fully saturated rings. The number of ether oxygens (including phenoxy) is 2. The van der Waals surface area contributed by atoms with Crippen LogP contribution in [0.5, 0.6) is 11.5 Å². The molecule has 2 heterocycles. The average molecular weight is 442 g/mol.